The number of pyridine rings is 1. The highest BCUT2D eigenvalue weighted by Gasteiger charge is 2.34. The average Bonchev–Trinajstić information content (AvgIpc) is 3.53. The van der Waals surface area contributed by atoms with Crippen LogP contribution in [0.3, 0.4) is 0 Å². The van der Waals surface area contributed by atoms with Gasteiger partial charge in [0.25, 0.3) is 0 Å². The monoisotopic (exact) mass is 446 g/mol. The molecule has 1 saturated carbocycles. The molecule has 0 N–H and O–H groups in total. The molecule has 32 heavy (non-hydrogen) atoms. The van der Waals surface area contributed by atoms with Crippen LogP contribution in [0.25, 0.3) is 22.4 Å². The van der Waals surface area contributed by atoms with Crippen LogP contribution in [-0.4, -0.2) is 32.0 Å². The van der Waals surface area contributed by atoms with Crippen molar-refractivity contribution in [2.75, 3.05) is 0 Å². The number of carbonyl (C=O) groups excluding carboxylic acids is 1. The van der Waals surface area contributed by atoms with Crippen molar-refractivity contribution in [3.05, 3.63) is 76.3 Å². The number of aryl methyl sites for hydroxylation is 2. The minimum Gasteiger partial charge on any atom is -0.419 e. The Labute approximate surface area is 191 Å². The maximum atomic E-state index is 13.3. The molecule has 5 rings (SSSR count). The highest BCUT2D eigenvalue weighted by Crippen LogP contribution is 2.31. The first-order valence-corrected chi connectivity index (χ1v) is 11.1. The third-order valence-electron chi connectivity index (χ3n) is 5.99. The molecule has 1 aliphatic rings. The van der Waals surface area contributed by atoms with E-state index in [1.165, 1.54) is 0 Å². The number of fused-ring (bicyclic) bond motifs is 1. The lowest BCUT2D eigenvalue weighted by molar-refractivity contribution is -0.132. The summed E-state index contributed by atoms with van der Waals surface area (Å²) in [5.74, 6) is 0.910. The van der Waals surface area contributed by atoms with E-state index < -0.39 is 0 Å². The number of amides is 1. The Morgan fingerprint density at radius 3 is 2.59 bits per heavy atom. The van der Waals surface area contributed by atoms with Crippen LogP contribution < -0.4 is 0 Å². The van der Waals surface area contributed by atoms with Gasteiger partial charge in [0.2, 0.25) is 17.7 Å². The Hall–Kier alpha value is -3.25. The van der Waals surface area contributed by atoms with E-state index in [1.54, 1.807) is 12.1 Å². The minimum absolute atomic E-state index is 0.0574. The summed E-state index contributed by atoms with van der Waals surface area (Å²) >= 11 is 5.96. The molecule has 0 aliphatic heterocycles. The molecular weight excluding hydrogens is 424 g/mol. The SMILES string of the molecule is Cc1nc2ccccc2c(C)c1CC(=O)N(Cc1nnc(-c2ccc(Cl)cc2)o1)C1CC1. The fourth-order valence-corrected chi connectivity index (χ4v) is 4.19. The van der Waals surface area contributed by atoms with Crippen molar-refractivity contribution in [1.82, 2.24) is 20.1 Å². The van der Waals surface area contributed by atoms with E-state index >= 15 is 0 Å². The first-order chi connectivity index (χ1) is 15.5. The van der Waals surface area contributed by atoms with E-state index in [1.807, 2.05) is 42.2 Å². The Bertz CT molecular complexity index is 1300. The van der Waals surface area contributed by atoms with E-state index in [0.717, 1.165) is 46.1 Å². The minimum atomic E-state index is 0.0574. The molecule has 6 nitrogen and oxygen atoms in total. The lowest BCUT2D eigenvalue weighted by Gasteiger charge is -2.22. The molecule has 1 fully saturated rings. The van der Waals surface area contributed by atoms with Gasteiger partial charge in [0, 0.05) is 27.7 Å². The van der Waals surface area contributed by atoms with Crippen molar-refractivity contribution < 1.29 is 9.21 Å². The van der Waals surface area contributed by atoms with Gasteiger partial charge >= 0.3 is 0 Å². The molecule has 2 aromatic heterocycles. The smallest absolute Gasteiger partial charge is 0.247 e. The number of hydrogen-bond donors (Lipinski definition) is 0. The van der Waals surface area contributed by atoms with Crippen LogP contribution in [0.2, 0.25) is 5.02 Å². The number of benzene rings is 2. The Morgan fingerprint density at radius 2 is 1.84 bits per heavy atom. The Balaban J connectivity index is 1.37. The number of hydrogen-bond acceptors (Lipinski definition) is 5. The maximum absolute atomic E-state index is 13.3. The topological polar surface area (TPSA) is 72.1 Å². The second kappa shape index (κ2) is 8.36. The molecule has 0 bridgehead atoms. The molecule has 7 heteroatoms. The molecule has 1 aliphatic carbocycles. The summed E-state index contributed by atoms with van der Waals surface area (Å²) in [4.78, 5) is 19.9. The van der Waals surface area contributed by atoms with Gasteiger partial charge in [-0.05, 0) is 68.1 Å². The summed E-state index contributed by atoms with van der Waals surface area (Å²) in [7, 11) is 0. The number of aromatic nitrogens is 3. The van der Waals surface area contributed by atoms with Crippen LogP contribution in [0, 0.1) is 13.8 Å². The summed E-state index contributed by atoms with van der Waals surface area (Å²) in [6.45, 7) is 4.35. The molecule has 0 atom stereocenters. The predicted molar refractivity (Wildman–Crippen MR) is 123 cm³/mol. The largest absolute Gasteiger partial charge is 0.419 e. The van der Waals surface area contributed by atoms with Crippen LogP contribution >= 0.6 is 11.6 Å². The molecule has 2 heterocycles. The zero-order valence-corrected chi connectivity index (χ0v) is 18.8. The molecule has 4 aromatic rings. The van der Waals surface area contributed by atoms with Gasteiger partial charge in [-0.1, -0.05) is 29.8 Å². The fraction of sp³-hybridized carbons (Fsp3) is 0.280. The van der Waals surface area contributed by atoms with Crippen LogP contribution in [0.5, 0.6) is 0 Å². The van der Waals surface area contributed by atoms with E-state index in [4.69, 9.17) is 21.0 Å². The standard InChI is InChI=1S/C25H23ClN4O2/c1-15-20-5-3-4-6-22(20)27-16(2)21(15)13-24(31)30(19-11-12-19)14-23-28-29-25(32-23)17-7-9-18(26)10-8-17/h3-10,19H,11-14H2,1-2H3. The highest BCUT2D eigenvalue weighted by molar-refractivity contribution is 6.30. The van der Waals surface area contributed by atoms with Crippen LogP contribution in [0.15, 0.2) is 52.9 Å². The zero-order chi connectivity index (χ0) is 22.2. The highest BCUT2D eigenvalue weighted by atomic mass is 35.5. The van der Waals surface area contributed by atoms with E-state index in [-0.39, 0.29) is 11.9 Å². The first-order valence-electron chi connectivity index (χ1n) is 10.7. The number of para-hydroxylation sites is 1. The lowest BCUT2D eigenvalue weighted by Crippen LogP contribution is -2.34. The molecular formula is C25H23ClN4O2. The van der Waals surface area contributed by atoms with Crippen molar-refractivity contribution in [3.63, 3.8) is 0 Å². The molecule has 1 amide bonds. The molecule has 162 valence electrons. The number of nitrogens with zero attached hydrogens (tertiary/aromatic N) is 4. The quantitative estimate of drug-likeness (QED) is 0.402. The molecule has 0 unspecified atom stereocenters. The fourth-order valence-electron chi connectivity index (χ4n) is 4.06. The summed E-state index contributed by atoms with van der Waals surface area (Å²) in [6, 6.07) is 15.5. The molecule has 2 aromatic carbocycles. The summed E-state index contributed by atoms with van der Waals surface area (Å²) in [6.07, 6.45) is 2.31. The van der Waals surface area contributed by atoms with E-state index in [0.29, 0.717) is 29.8 Å². The van der Waals surface area contributed by atoms with Crippen LogP contribution in [0.4, 0.5) is 0 Å². The predicted octanol–water partition coefficient (Wildman–Crippen LogP) is 5.29. The second-order valence-electron chi connectivity index (χ2n) is 8.26. The number of halogens is 1. The summed E-state index contributed by atoms with van der Waals surface area (Å²) in [5.41, 5.74) is 4.75. The van der Waals surface area contributed by atoms with Crippen molar-refractivity contribution in [1.29, 1.82) is 0 Å². The van der Waals surface area contributed by atoms with Crippen LogP contribution in [0.1, 0.15) is 35.6 Å². The Kier molecular flexibility index (Phi) is 5.39. The molecule has 0 spiro atoms. The molecule has 0 radical (unpaired) electrons. The van der Waals surface area contributed by atoms with Gasteiger partial charge in [0.1, 0.15) is 0 Å². The van der Waals surface area contributed by atoms with Gasteiger partial charge in [-0.2, -0.15) is 0 Å². The lowest BCUT2D eigenvalue weighted by atomic mass is 9.99. The van der Waals surface area contributed by atoms with Gasteiger partial charge in [-0.15, -0.1) is 10.2 Å². The molecule has 0 saturated heterocycles. The second-order valence-corrected chi connectivity index (χ2v) is 8.69. The summed E-state index contributed by atoms with van der Waals surface area (Å²) < 4.78 is 5.85. The van der Waals surface area contributed by atoms with E-state index in [2.05, 4.69) is 23.2 Å². The zero-order valence-electron chi connectivity index (χ0n) is 18.0. The maximum Gasteiger partial charge on any atom is 0.247 e. The third kappa shape index (κ3) is 4.10. The van der Waals surface area contributed by atoms with Gasteiger partial charge in [0.15, 0.2) is 0 Å². The normalized spacial score (nSPS) is 13.5. The van der Waals surface area contributed by atoms with Gasteiger partial charge in [-0.25, -0.2) is 0 Å². The summed E-state index contributed by atoms with van der Waals surface area (Å²) in [5, 5.41) is 10.1. The average molecular weight is 447 g/mol. The third-order valence-corrected chi connectivity index (χ3v) is 6.24. The Morgan fingerprint density at radius 1 is 1.09 bits per heavy atom. The first kappa shape index (κ1) is 20.6. The van der Waals surface area contributed by atoms with Crippen molar-refractivity contribution >= 4 is 28.4 Å². The van der Waals surface area contributed by atoms with E-state index in [9.17, 15) is 4.79 Å². The van der Waals surface area contributed by atoms with Crippen molar-refractivity contribution in [3.8, 4) is 11.5 Å². The van der Waals surface area contributed by atoms with Gasteiger partial charge < -0.3 is 9.32 Å². The number of carbonyl (C=O) groups is 1. The van der Waals surface area contributed by atoms with Gasteiger partial charge in [-0.3, -0.25) is 9.78 Å². The van der Waals surface area contributed by atoms with Crippen molar-refractivity contribution in [2.45, 2.75) is 45.7 Å². The van der Waals surface area contributed by atoms with Gasteiger partial charge in [0.05, 0.1) is 18.5 Å². The van der Waals surface area contributed by atoms with Crippen molar-refractivity contribution in [2.24, 2.45) is 0 Å². The van der Waals surface area contributed by atoms with Crippen LogP contribution in [-0.2, 0) is 17.8 Å². The number of rotatable bonds is 6.